The Morgan fingerprint density at radius 2 is 2.25 bits per heavy atom. The third-order valence-electron chi connectivity index (χ3n) is 4.21. The molecule has 0 saturated carbocycles. The zero-order valence-electron chi connectivity index (χ0n) is 15.2. The molecule has 1 atom stereocenters. The summed E-state index contributed by atoms with van der Waals surface area (Å²) in [6.45, 7) is 7.58. The second-order valence-corrected chi connectivity index (χ2v) is 6.18. The van der Waals surface area contributed by atoms with Gasteiger partial charge in [-0.1, -0.05) is 17.7 Å². The summed E-state index contributed by atoms with van der Waals surface area (Å²) in [5, 5.41) is 6.71. The predicted molar refractivity (Wildman–Crippen MR) is 99.0 cm³/mol. The lowest BCUT2D eigenvalue weighted by atomic mass is 10.1. The van der Waals surface area contributed by atoms with Crippen molar-refractivity contribution in [3.8, 4) is 5.75 Å². The van der Waals surface area contributed by atoms with Crippen LogP contribution < -0.4 is 15.4 Å². The molecule has 1 aromatic carbocycles. The van der Waals surface area contributed by atoms with Crippen molar-refractivity contribution >= 4 is 5.96 Å². The monoisotopic (exact) mass is 333 g/mol. The van der Waals surface area contributed by atoms with E-state index in [1.165, 1.54) is 24.0 Å². The molecule has 0 spiro atoms. The highest BCUT2D eigenvalue weighted by Crippen LogP contribution is 2.19. The minimum Gasteiger partial charge on any atom is -0.496 e. The van der Waals surface area contributed by atoms with Crippen LogP contribution in [0.2, 0.25) is 0 Å². The van der Waals surface area contributed by atoms with E-state index in [1.54, 1.807) is 7.11 Å². The molecule has 134 valence electrons. The van der Waals surface area contributed by atoms with Crippen LogP contribution in [0.1, 0.15) is 37.3 Å². The van der Waals surface area contributed by atoms with Crippen molar-refractivity contribution in [3.05, 3.63) is 29.3 Å². The van der Waals surface area contributed by atoms with Crippen molar-refractivity contribution in [2.45, 2.75) is 45.6 Å². The molecule has 5 heteroatoms. The molecule has 1 saturated heterocycles. The molecule has 0 radical (unpaired) electrons. The number of nitrogens with one attached hydrogen (secondary N) is 2. The number of nitrogens with zero attached hydrogens (tertiary/aromatic N) is 1. The van der Waals surface area contributed by atoms with Crippen molar-refractivity contribution in [1.82, 2.24) is 10.6 Å². The van der Waals surface area contributed by atoms with Gasteiger partial charge in [0.1, 0.15) is 5.75 Å². The maximum atomic E-state index is 5.65. The minimum absolute atomic E-state index is 0.396. The van der Waals surface area contributed by atoms with Gasteiger partial charge in [0, 0.05) is 26.2 Å². The van der Waals surface area contributed by atoms with E-state index in [9.17, 15) is 0 Å². The normalized spacial score (nSPS) is 17.8. The number of hydrogen-bond donors (Lipinski definition) is 2. The lowest BCUT2D eigenvalue weighted by Crippen LogP contribution is -2.38. The zero-order valence-corrected chi connectivity index (χ0v) is 15.2. The number of guanidine groups is 1. The van der Waals surface area contributed by atoms with Gasteiger partial charge in [-0.05, 0) is 51.2 Å². The van der Waals surface area contributed by atoms with Gasteiger partial charge in [-0.15, -0.1) is 0 Å². The molecule has 2 N–H and O–H groups in total. The molecule has 1 heterocycles. The van der Waals surface area contributed by atoms with E-state index in [0.29, 0.717) is 6.10 Å². The molecule has 0 bridgehead atoms. The average molecular weight is 333 g/mol. The Morgan fingerprint density at radius 3 is 2.96 bits per heavy atom. The summed E-state index contributed by atoms with van der Waals surface area (Å²) in [6, 6.07) is 6.29. The molecular weight excluding hydrogens is 302 g/mol. The third kappa shape index (κ3) is 6.04. The van der Waals surface area contributed by atoms with Crippen molar-refractivity contribution in [1.29, 1.82) is 0 Å². The number of methoxy groups -OCH3 is 1. The average Bonchev–Trinajstić information content (AvgIpc) is 3.08. The molecule has 24 heavy (non-hydrogen) atoms. The van der Waals surface area contributed by atoms with E-state index in [0.717, 1.165) is 50.8 Å². The first-order valence-electron chi connectivity index (χ1n) is 9.00. The second-order valence-electron chi connectivity index (χ2n) is 6.18. The van der Waals surface area contributed by atoms with Crippen LogP contribution in [0, 0.1) is 6.92 Å². The Hall–Kier alpha value is -1.75. The number of aryl methyl sites for hydroxylation is 1. The first-order valence-corrected chi connectivity index (χ1v) is 9.00. The maximum absolute atomic E-state index is 5.65. The second kappa shape index (κ2) is 10.2. The first-order chi connectivity index (χ1) is 11.7. The van der Waals surface area contributed by atoms with Gasteiger partial charge >= 0.3 is 0 Å². The van der Waals surface area contributed by atoms with Gasteiger partial charge in [0.2, 0.25) is 0 Å². The van der Waals surface area contributed by atoms with Gasteiger partial charge in [-0.3, -0.25) is 4.99 Å². The van der Waals surface area contributed by atoms with E-state index < -0.39 is 0 Å². The molecule has 1 aliphatic heterocycles. The highest BCUT2D eigenvalue weighted by Gasteiger charge is 2.14. The molecule has 5 nitrogen and oxygen atoms in total. The van der Waals surface area contributed by atoms with Gasteiger partial charge < -0.3 is 20.1 Å². The minimum atomic E-state index is 0.396. The quantitative estimate of drug-likeness (QED) is 0.567. The molecule has 0 aliphatic carbocycles. The fourth-order valence-electron chi connectivity index (χ4n) is 2.95. The lowest BCUT2D eigenvalue weighted by molar-refractivity contribution is 0.106. The summed E-state index contributed by atoms with van der Waals surface area (Å²) < 4.78 is 11.1. The van der Waals surface area contributed by atoms with Crippen LogP contribution in [-0.2, 0) is 11.2 Å². The summed E-state index contributed by atoms with van der Waals surface area (Å²) in [5.74, 6) is 1.82. The van der Waals surface area contributed by atoms with Crippen molar-refractivity contribution < 1.29 is 9.47 Å². The molecule has 2 rings (SSSR count). The Morgan fingerprint density at radius 1 is 1.38 bits per heavy atom. The molecule has 1 unspecified atom stereocenters. The molecule has 1 fully saturated rings. The van der Waals surface area contributed by atoms with Crippen LogP contribution in [-0.4, -0.2) is 45.4 Å². The number of hydrogen-bond acceptors (Lipinski definition) is 3. The predicted octanol–water partition coefficient (Wildman–Crippen LogP) is 2.67. The van der Waals surface area contributed by atoms with Gasteiger partial charge in [0.15, 0.2) is 5.96 Å². The van der Waals surface area contributed by atoms with Crippen LogP contribution in [0.5, 0.6) is 5.75 Å². The lowest BCUT2D eigenvalue weighted by Gasteiger charge is -2.14. The van der Waals surface area contributed by atoms with Crippen LogP contribution in [0.4, 0.5) is 0 Å². The van der Waals surface area contributed by atoms with Crippen LogP contribution in [0.25, 0.3) is 0 Å². The van der Waals surface area contributed by atoms with Gasteiger partial charge in [0.05, 0.1) is 13.2 Å². The molecule has 1 aliphatic rings. The van der Waals surface area contributed by atoms with Crippen molar-refractivity contribution in [2.75, 3.05) is 33.4 Å². The summed E-state index contributed by atoms with van der Waals surface area (Å²) in [6.07, 6.45) is 4.66. The van der Waals surface area contributed by atoms with Crippen LogP contribution in [0.3, 0.4) is 0 Å². The fourth-order valence-corrected chi connectivity index (χ4v) is 2.95. The smallest absolute Gasteiger partial charge is 0.191 e. The summed E-state index contributed by atoms with van der Waals surface area (Å²) in [7, 11) is 1.72. The Kier molecular flexibility index (Phi) is 7.89. The Bertz CT molecular complexity index is 525. The zero-order chi connectivity index (χ0) is 17.2. The van der Waals surface area contributed by atoms with Crippen molar-refractivity contribution in [3.63, 3.8) is 0 Å². The number of rotatable bonds is 8. The topological polar surface area (TPSA) is 54.9 Å². The number of ether oxygens (including phenoxy) is 2. The SMILES string of the molecule is CCNC(=NCCC1CCCO1)NCCc1cc(C)ccc1OC. The van der Waals surface area contributed by atoms with E-state index >= 15 is 0 Å². The molecule has 0 aromatic heterocycles. The Labute approximate surface area is 145 Å². The molecular formula is C19H31N3O2. The van der Waals surface area contributed by atoms with Crippen molar-refractivity contribution in [2.24, 2.45) is 4.99 Å². The summed E-state index contributed by atoms with van der Waals surface area (Å²) in [4.78, 5) is 4.65. The number of benzene rings is 1. The van der Waals surface area contributed by atoms with Gasteiger partial charge in [0.25, 0.3) is 0 Å². The van der Waals surface area contributed by atoms with E-state index in [1.807, 2.05) is 6.07 Å². The van der Waals surface area contributed by atoms with E-state index in [-0.39, 0.29) is 0 Å². The standard InChI is InChI=1S/C19H31N3O2/c1-4-20-19(22-12-10-17-6-5-13-24-17)21-11-9-16-14-15(2)7-8-18(16)23-3/h7-8,14,17H,4-6,9-13H2,1-3H3,(H2,20,21,22). The number of aliphatic imine (C=N–C) groups is 1. The Balaban J connectivity index is 1.81. The largest absolute Gasteiger partial charge is 0.496 e. The highest BCUT2D eigenvalue weighted by atomic mass is 16.5. The maximum Gasteiger partial charge on any atom is 0.191 e. The fraction of sp³-hybridized carbons (Fsp3) is 0.632. The van der Waals surface area contributed by atoms with Gasteiger partial charge in [-0.25, -0.2) is 0 Å². The first kappa shape index (κ1) is 18.6. The third-order valence-corrected chi connectivity index (χ3v) is 4.21. The van der Waals surface area contributed by atoms with Crippen LogP contribution >= 0.6 is 0 Å². The van der Waals surface area contributed by atoms with Gasteiger partial charge in [-0.2, -0.15) is 0 Å². The van der Waals surface area contributed by atoms with Crippen LogP contribution in [0.15, 0.2) is 23.2 Å². The van der Waals surface area contributed by atoms with E-state index in [2.05, 4.69) is 41.6 Å². The molecule has 1 aromatic rings. The highest BCUT2D eigenvalue weighted by molar-refractivity contribution is 5.79. The summed E-state index contributed by atoms with van der Waals surface area (Å²) >= 11 is 0. The molecule has 0 amide bonds. The summed E-state index contributed by atoms with van der Waals surface area (Å²) in [5.41, 5.74) is 2.48. The van der Waals surface area contributed by atoms with E-state index in [4.69, 9.17) is 9.47 Å².